The number of carbonyl (C=O) groups is 3. The molecule has 0 aromatic heterocycles. The molecule has 0 saturated carbocycles. The molecule has 0 radical (unpaired) electrons. The Labute approximate surface area is 158 Å². The van der Waals surface area contributed by atoms with Crippen LogP contribution in [0.2, 0.25) is 10.0 Å². The Hall–Kier alpha value is -1.54. The lowest BCUT2D eigenvalue weighted by molar-refractivity contribution is -0.139. The van der Waals surface area contributed by atoms with E-state index >= 15 is 0 Å². The molecule has 6 nitrogen and oxygen atoms in total. The molecule has 0 unspecified atom stereocenters. The molecule has 0 spiro atoms. The van der Waals surface area contributed by atoms with Gasteiger partial charge < -0.3 is 9.64 Å². The summed E-state index contributed by atoms with van der Waals surface area (Å²) in [5.74, 6) is -0.746. The third kappa shape index (κ3) is 4.17. The third-order valence-corrected chi connectivity index (χ3v) is 5.42. The van der Waals surface area contributed by atoms with Crippen LogP contribution in [0.5, 0.6) is 0 Å². The minimum Gasteiger partial charge on any atom is -0.378 e. The number of amides is 3. The van der Waals surface area contributed by atoms with Gasteiger partial charge in [0.05, 0.1) is 28.2 Å². The SMILES string of the molecule is O=C(CN1C(=O)S/C(=C\c2ccc(Cl)c(Cl)c2)C1=O)N1CCOCC1. The number of carbonyl (C=O) groups excluding carboxylic acids is 3. The number of imide groups is 1. The van der Waals surface area contributed by atoms with E-state index in [0.29, 0.717) is 41.9 Å². The van der Waals surface area contributed by atoms with Crippen LogP contribution in [-0.4, -0.2) is 59.7 Å². The summed E-state index contributed by atoms with van der Waals surface area (Å²) in [6, 6.07) is 4.92. The van der Waals surface area contributed by atoms with Crippen LogP contribution in [0.15, 0.2) is 23.1 Å². The highest BCUT2D eigenvalue weighted by molar-refractivity contribution is 8.18. The molecule has 0 bridgehead atoms. The fourth-order valence-corrected chi connectivity index (χ4v) is 3.58. The van der Waals surface area contributed by atoms with Crippen LogP contribution >= 0.6 is 35.0 Å². The summed E-state index contributed by atoms with van der Waals surface area (Å²) in [6.07, 6.45) is 1.56. The van der Waals surface area contributed by atoms with Gasteiger partial charge in [0.2, 0.25) is 5.91 Å². The molecule has 0 atom stereocenters. The lowest BCUT2D eigenvalue weighted by atomic mass is 10.2. The maximum absolute atomic E-state index is 12.5. The Balaban J connectivity index is 1.72. The van der Waals surface area contributed by atoms with E-state index < -0.39 is 11.1 Å². The first-order chi connectivity index (χ1) is 12.0. The quantitative estimate of drug-likeness (QED) is 0.729. The second kappa shape index (κ2) is 7.78. The maximum Gasteiger partial charge on any atom is 0.294 e. The van der Waals surface area contributed by atoms with Gasteiger partial charge in [-0.05, 0) is 35.5 Å². The first-order valence-electron chi connectivity index (χ1n) is 7.51. The number of ether oxygens (including phenoxy) is 1. The predicted octanol–water partition coefficient (Wildman–Crippen LogP) is 2.89. The van der Waals surface area contributed by atoms with Crippen LogP contribution in [0, 0.1) is 0 Å². The van der Waals surface area contributed by atoms with E-state index in [0.717, 1.165) is 16.7 Å². The fraction of sp³-hybridized carbons (Fsp3) is 0.312. The number of nitrogens with zero attached hydrogens (tertiary/aromatic N) is 2. The van der Waals surface area contributed by atoms with Gasteiger partial charge in [0.15, 0.2) is 0 Å². The van der Waals surface area contributed by atoms with Gasteiger partial charge in [-0.2, -0.15) is 0 Å². The molecule has 3 rings (SSSR count). The lowest BCUT2D eigenvalue weighted by Crippen LogP contribution is -2.46. The van der Waals surface area contributed by atoms with Crippen molar-refractivity contribution < 1.29 is 19.1 Å². The van der Waals surface area contributed by atoms with Crippen LogP contribution < -0.4 is 0 Å². The van der Waals surface area contributed by atoms with Gasteiger partial charge in [-0.3, -0.25) is 19.3 Å². The number of hydrogen-bond donors (Lipinski definition) is 0. The van der Waals surface area contributed by atoms with E-state index in [-0.39, 0.29) is 17.4 Å². The molecule has 2 aliphatic heterocycles. The zero-order chi connectivity index (χ0) is 18.0. The molecule has 9 heteroatoms. The van der Waals surface area contributed by atoms with E-state index in [1.54, 1.807) is 29.2 Å². The van der Waals surface area contributed by atoms with Gasteiger partial charge in [0, 0.05) is 13.1 Å². The summed E-state index contributed by atoms with van der Waals surface area (Å²) >= 11 is 12.6. The Morgan fingerprint density at radius 1 is 1.20 bits per heavy atom. The molecule has 2 saturated heterocycles. The van der Waals surface area contributed by atoms with Crippen molar-refractivity contribution in [3.63, 3.8) is 0 Å². The maximum atomic E-state index is 12.5. The average molecular weight is 401 g/mol. The Bertz CT molecular complexity index is 763. The molecule has 132 valence electrons. The molecule has 2 aliphatic rings. The number of hydrogen-bond acceptors (Lipinski definition) is 5. The second-order valence-corrected chi connectivity index (χ2v) is 7.24. The first kappa shape index (κ1) is 18.3. The molecule has 2 fully saturated rings. The molecule has 3 amide bonds. The second-order valence-electron chi connectivity index (χ2n) is 5.43. The highest BCUT2D eigenvalue weighted by atomic mass is 35.5. The third-order valence-electron chi connectivity index (χ3n) is 3.77. The minimum absolute atomic E-state index is 0.248. The number of morpholine rings is 1. The summed E-state index contributed by atoms with van der Waals surface area (Å²) in [6.45, 7) is 1.60. The summed E-state index contributed by atoms with van der Waals surface area (Å²) < 4.78 is 5.19. The highest BCUT2D eigenvalue weighted by Crippen LogP contribution is 2.33. The van der Waals surface area contributed by atoms with Gasteiger partial charge in [0.25, 0.3) is 11.1 Å². The van der Waals surface area contributed by atoms with Crippen LogP contribution in [0.3, 0.4) is 0 Å². The van der Waals surface area contributed by atoms with E-state index in [2.05, 4.69) is 0 Å². The Kier molecular flexibility index (Phi) is 5.68. The molecule has 0 aliphatic carbocycles. The Morgan fingerprint density at radius 2 is 1.92 bits per heavy atom. The van der Waals surface area contributed by atoms with E-state index in [9.17, 15) is 14.4 Å². The van der Waals surface area contributed by atoms with Crippen molar-refractivity contribution in [2.45, 2.75) is 0 Å². The summed E-state index contributed by atoms with van der Waals surface area (Å²) in [5, 5.41) is 0.304. The van der Waals surface area contributed by atoms with Crippen LogP contribution in [0.1, 0.15) is 5.56 Å². The summed E-state index contributed by atoms with van der Waals surface area (Å²) in [7, 11) is 0. The zero-order valence-electron chi connectivity index (χ0n) is 13.0. The van der Waals surface area contributed by atoms with Gasteiger partial charge in [0.1, 0.15) is 6.54 Å². The number of rotatable bonds is 3. The molecule has 25 heavy (non-hydrogen) atoms. The largest absolute Gasteiger partial charge is 0.378 e. The Morgan fingerprint density at radius 3 is 2.60 bits per heavy atom. The van der Waals surface area contributed by atoms with Crippen molar-refractivity contribution in [3.05, 3.63) is 38.7 Å². The molecular weight excluding hydrogens is 387 g/mol. The van der Waals surface area contributed by atoms with Crippen LogP contribution in [0.25, 0.3) is 6.08 Å². The molecule has 1 aromatic carbocycles. The van der Waals surface area contributed by atoms with E-state index in [1.807, 2.05) is 0 Å². The van der Waals surface area contributed by atoms with Crippen molar-refractivity contribution in [2.75, 3.05) is 32.8 Å². The summed E-state index contributed by atoms with van der Waals surface area (Å²) in [5.41, 5.74) is 0.652. The van der Waals surface area contributed by atoms with Crippen molar-refractivity contribution in [2.24, 2.45) is 0 Å². The van der Waals surface area contributed by atoms with E-state index in [1.165, 1.54) is 0 Å². The lowest BCUT2D eigenvalue weighted by Gasteiger charge is -2.28. The van der Waals surface area contributed by atoms with Crippen molar-refractivity contribution in [3.8, 4) is 0 Å². The van der Waals surface area contributed by atoms with Crippen molar-refractivity contribution >= 4 is 58.1 Å². The van der Waals surface area contributed by atoms with Gasteiger partial charge >= 0.3 is 0 Å². The van der Waals surface area contributed by atoms with Crippen molar-refractivity contribution in [1.82, 2.24) is 9.80 Å². The first-order valence-corrected chi connectivity index (χ1v) is 9.09. The standard InChI is InChI=1S/C16H14Cl2N2O4S/c17-11-2-1-10(7-12(11)18)8-13-15(22)20(16(23)25-13)9-14(21)19-3-5-24-6-4-19/h1-2,7-8H,3-6,9H2/b13-8-. The monoisotopic (exact) mass is 400 g/mol. The normalized spacial score (nSPS) is 19.8. The smallest absolute Gasteiger partial charge is 0.294 e. The van der Waals surface area contributed by atoms with Crippen molar-refractivity contribution in [1.29, 1.82) is 0 Å². The van der Waals surface area contributed by atoms with Crippen LogP contribution in [0.4, 0.5) is 4.79 Å². The number of benzene rings is 1. The zero-order valence-corrected chi connectivity index (χ0v) is 15.4. The highest BCUT2D eigenvalue weighted by Gasteiger charge is 2.37. The van der Waals surface area contributed by atoms with Gasteiger partial charge in [-0.25, -0.2) is 0 Å². The van der Waals surface area contributed by atoms with Gasteiger partial charge in [-0.15, -0.1) is 0 Å². The molecule has 1 aromatic rings. The number of halogens is 2. The van der Waals surface area contributed by atoms with Crippen LogP contribution in [-0.2, 0) is 14.3 Å². The topological polar surface area (TPSA) is 66.9 Å². The molecule has 0 N–H and O–H groups in total. The average Bonchev–Trinajstić information content (AvgIpc) is 2.86. The predicted molar refractivity (Wildman–Crippen MR) is 96.5 cm³/mol. The molecular formula is C16H14Cl2N2O4S. The summed E-state index contributed by atoms with van der Waals surface area (Å²) in [4.78, 5) is 39.6. The minimum atomic E-state index is -0.484. The van der Waals surface area contributed by atoms with Gasteiger partial charge in [-0.1, -0.05) is 29.3 Å². The number of thioether (sulfide) groups is 1. The van der Waals surface area contributed by atoms with E-state index in [4.69, 9.17) is 27.9 Å². The fourth-order valence-electron chi connectivity index (χ4n) is 2.44. The molecule has 2 heterocycles.